The highest BCUT2D eigenvalue weighted by Gasteiger charge is 2.18. The number of hydrogen-bond acceptors (Lipinski definition) is 7. The maximum Gasteiger partial charge on any atom is 0.262 e. The molecule has 4 aromatic rings. The molecular weight excluding hydrogens is 480 g/mol. The molecule has 0 radical (unpaired) electrons. The van der Waals surface area contributed by atoms with Gasteiger partial charge < -0.3 is 10.1 Å². The Morgan fingerprint density at radius 1 is 0.917 bits per heavy atom. The summed E-state index contributed by atoms with van der Waals surface area (Å²) in [5, 5.41) is 7.09. The van der Waals surface area contributed by atoms with Crippen LogP contribution in [0, 0.1) is 27.7 Å². The van der Waals surface area contributed by atoms with Gasteiger partial charge in [0.15, 0.2) is 5.82 Å². The van der Waals surface area contributed by atoms with E-state index in [0.29, 0.717) is 40.2 Å². The highest BCUT2D eigenvalue weighted by molar-refractivity contribution is 7.92. The molecule has 0 unspecified atom stereocenters. The molecular formula is C25H26N6O4S. The molecule has 0 aliphatic heterocycles. The molecule has 2 N–H and O–H groups in total. The first-order chi connectivity index (χ1) is 17.0. The van der Waals surface area contributed by atoms with Gasteiger partial charge in [0.2, 0.25) is 11.8 Å². The van der Waals surface area contributed by atoms with E-state index in [1.807, 2.05) is 19.9 Å². The van der Waals surface area contributed by atoms with Crippen molar-refractivity contribution in [3.05, 3.63) is 77.4 Å². The summed E-state index contributed by atoms with van der Waals surface area (Å²) < 4.78 is 36.0. The fraction of sp³-hybridized carbons (Fsp3) is 0.200. The van der Waals surface area contributed by atoms with E-state index in [-0.39, 0.29) is 10.8 Å². The van der Waals surface area contributed by atoms with E-state index in [2.05, 4.69) is 25.1 Å². The molecule has 0 bridgehead atoms. The number of hydrogen-bond donors (Lipinski definition) is 2. The van der Waals surface area contributed by atoms with E-state index < -0.39 is 10.0 Å². The Hall–Kier alpha value is -4.25. The summed E-state index contributed by atoms with van der Waals surface area (Å²) >= 11 is 0. The molecule has 36 heavy (non-hydrogen) atoms. The number of anilines is 2. The van der Waals surface area contributed by atoms with E-state index in [1.54, 1.807) is 61.0 Å². The molecule has 2 aromatic carbocycles. The van der Waals surface area contributed by atoms with Crippen LogP contribution < -0.4 is 14.8 Å². The molecule has 0 fully saturated rings. The number of ether oxygens (including phenoxy) is 1. The number of nitrogens with zero attached hydrogens (tertiary/aromatic N) is 4. The fourth-order valence-electron chi connectivity index (χ4n) is 3.70. The fourth-order valence-corrected chi connectivity index (χ4v) is 4.99. The molecule has 2 aromatic heterocycles. The summed E-state index contributed by atoms with van der Waals surface area (Å²) in [6.07, 6.45) is 0. The molecule has 0 atom stereocenters. The number of aryl methyl sites for hydroxylation is 4. The van der Waals surface area contributed by atoms with Crippen LogP contribution in [0.2, 0.25) is 0 Å². The van der Waals surface area contributed by atoms with Crippen molar-refractivity contribution in [3.63, 3.8) is 0 Å². The van der Waals surface area contributed by atoms with Crippen LogP contribution in [-0.4, -0.2) is 34.1 Å². The summed E-state index contributed by atoms with van der Waals surface area (Å²) in [7, 11) is -3.84. The van der Waals surface area contributed by atoms with Gasteiger partial charge in [-0.05, 0) is 81.8 Å². The van der Waals surface area contributed by atoms with Gasteiger partial charge in [0.05, 0.1) is 10.6 Å². The molecule has 0 aliphatic rings. The minimum absolute atomic E-state index is 0.116. The average molecular weight is 507 g/mol. The predicted octanol–water partition coefficient (Wildman–Crippen LogP) is 4.45. The van der Waals surface area contributed by atoms with E-state index in [1.165, 1.54) is 13.0 Å². The summed E-state index contributed by atoms with van der Waals surface area (Å²) in [5.41, 5.74) is 3.22. The van der Waals surface area contributed by atoms with Crippen LogP contribution in [0.1, 0.15) is 29.7 Å². The van der Waals surface area contributed by atoms with Crippen molar-refractivity contribution in [2.24, 2.45) is 0 Å². The van der Waals surface area contributed by atoms with Crippen LogP contribution in [0.15, 0.2) is 59.5 Å². The minimum Gasteiger partial charge on any atom is -0.439 e. The van der Waals surface area contributed by atoms with Crippen LogP contribution in [0.5, 0.6) is 11.6 Å². The number of aromatic nitrogens is 4. The van der Waals surface area contributed by atoms with Crippen LogP contribution in [-0.2, 0) is 14.8 Å². The molecule has 2 heterocycles. The van der Waals surface area contributed by atoms with Gasteiger partial charge in [0.1, 0.15) is 11.6 Å². The maximum atomic E-state index is 12.9. The lowest BCUT2D eigenvalue weighted by atomic mass is 10.2. The van der Waals surface area contributed by atoms with Crippen molar-refractivity contribution < 1.29 is 17.9 Å². The molecule has 186 valence electrons. The number of carbonyl (C=O) groups is 1. The number of rotatable bonds is 7. The van der Waals surface area contributed by atoms with Crippen LogP contribution >= 0.6 is 0 Å². The Balaban J connectivity index is 1.50. The van der Waals surface area contributed by atoms with Crippen molar-refractivity contribution in [2.75, 3.05) is 10.0 Å². The van der Waals surface area contributed by atoms with Crippen molar-refractivity contribution in [1.82, 2.24) is 19.7 Å². The molecule has 0 aliphatic carbocycles. The van der Waals surface area contributed by atoms with Gasteiger partial charge in [-0.3, -0.25) is 9.52 Å². The second-order valence-electron chi connectivity index (χ2n) is 8.34. The first kappa shape index (κ1) is 24.9. The van der Waals surface area contributed by atoms with Crippen LogP contribution in [0.25, 0.3) is 5.82 Å². The molecule has 0 spiro atoms. The number of sulfonamides is 1. The Morgan fingerprint density at radius 2 is 1.61 bits per heavy atom. The molecule has 0 saturated heterocycles. The quantitative estimate of drug-likeness (QED) is 0.379. The maximum absolute atomic E-state index is 12.9. The van der Waals surface area contributed by atoms with Crippen molar-refractivity contribution >= 4 is 27.3 Å². The Kier molecular flexibility index (Phi) is 6.75. The standard InChI is InChI=1S/C25H26N6O4S/c1-15-12-21(28-19(5)32)8-11-23(15)36(33,34)30-20-6-9-22(10-7-20)35-25-14-24(26-18(4)27-25)31-17(3)13-16(2)29-31/h6-14,30H,1-5H3,(H,28,32). The summed E-state index contributed by atoms with van der Waals surface area (Å²) in [5.74, 6) is 1.71. The largest absolute Gasteiger partial charge is 0.439 e. The minimum atomic E-state index is -3.84. The van der Waals surface area contributed by atoms with Crippen LogP contribution in [0.3, 0.4) is 0 Å². The number of carbonyl (C=O) groups excluding carboxylic acids is 1. The Morgan fingerprint density at radius 3 is 2.22 bits per heavy atom. The van der Waals surface area contributed by atoms with Crippen molar-refractivity contribution in [3.8, 4) is 17.4 Å². The van der Waals surface area contributed by atoms with Gasteiger partial charge in [-0.2, -0.15) is 10.1 Å². The Bertz CT molecular complexity index is 1550. The van der Waals surface area contributed by atoms with E-state index in [0.717, 1.165) is 11.4 Å². The van der Waals surface area contributed by atoms with Gasteiger partial charge in [0.25, 0.3) is 10.0 Å². The lowest BCUT2D eigenvalue weighted by Gasteiger charge is -2.13. The van der Waals surface area contributed by atoms with Crippen molar-refractivity contribution in [1.29, 1.82) is 0 Å². The normalized spacial score (nSPS) is 11.2. The topological polar surface area (TPSA) is 128 Å². The third-order valence-electron chi connectivity index (χ3n) is 5.14. The lowest BCUT2D eigenvalue weighted by molar-refractivity contribution is -0.114. The predicted molar refractivity (Wildman–Crippen MR) is 136 cm³/mol. The third-order valence-corrected chi connectivity index (χ3v) is 6.68. The summed E-state index contributed by atoms with van der Waals surface area (Å²) in [6, 6.07) is 14.7. The van der Waals surface area contributed by atoms with E-state index >= 15 is 0 Å². The molecule has 11 heteroatoms. The van der Waals surface area contributed by atoms with Gasteiger partial charge >= 0.3 is 0 Å². The van der Waals surface area contributed by atoms with Gasteiger partial charge in [0, 0.05) is 30.1 Å². The second kappa shape index (κ2) is 9.78. The second-order valence-corrected chi connectivity index (χ2v) is 9.99. The number of nitrogens with one attached hydrogen (secondary N) is 2. The molecule has 0 saturated carbocycles. The Labute approximate surface area is 209 Å². The summed E-state index contributed by atoms with van der Waals surface area (Å²) in [4.78, 5) is 20.1. The molecule has 1 amide bonds. The zero-order valence-electron chi connectivity index (χ0n) is 20.5. The zero-order valence-corrected chi connectivity index (χ0v) is 21.3. The lowest BCUT2D eigenvalue weighted by Crippen LogP contribution is -2.14. The van der Waals surface area contributed by atoms with Crippen molar-refractivity contribution in [2.45, 2.75) is 39.5 Å². The molecule has 10 nitrogen and oxygen atoms in total. The third kappa shape index (κ3) is 5.69. The van der Waals surface area contributed by atoms with Gasteiger partial charge in [-0.1, -0.05) is 0 Å². The van der Waals surface area contributed by atoms with E-state index in [9.17, 15) is 13.2 Å². The van der Waals surface area contributed by atoms with Crippen LogP contribution in [0.4, 0.5) is 11.4 Å². The van der Waals surface area contributed by atoms with Gasteiger partial charge in [-0.15, -0.1) is 0 Å². The zero-order chi connectivity index (χ0) is 26.0. The number of amides is 1. The summed E-state index contributed by atoms with van der Waals surface area (Å²) in [6.45, 7) is 8.68. The van der Waals surface area contributed by atoms with Gasteiger partial charge in [-0.25, -0.2) is 18.1 Å². The average Bonchev–Trinajstić information content (AvgIpc) is 3.12. The van der Waals surface area contributed by atoms with E-state index in [4.69, 9.17) is 4.74 Å². The first-order valence-corrected chi connectivity index (χ1v) is 12.6. The SMILES string of the molecule is CC(=O)Nc1ccc(S(=O)(=O)Nc2ccc(Oc3cc(-n4nc(C)cc4C)nc(C)n3)cc2)c(C)c1. The number of benzene rings is 2. The smallest absolute Gasteiger partial charge is 0.262 e. The first-order valence-electron chi connectivity index (χ1n) is 11.1. The molecule has 4 rings (SSSR count). The monoisotopic (exact) mass is 506 g/mol. The highest BCUT2D eigenvalue weighted by atomic mass is 32.2. The highest BCUT2D eigenvalue weighted by Crippen LogP contribution is 2.26.